The smallest absolute Gasteiger partial charge is 0.327 e. The Bertz CT molecular complexity index is 836. The predicted octanol–water partition coefficient (Wildman–Crippen LogP) is 3.00. The van der Waals surface area contributed by atoms with Gasteiger partial charge in [-0.2, -0.15) is 0 Å². The van der Waals surface area contributed by atoms with Crippen LogP contribution in [0.25, 0.3) is 0 Å². The monoisotopic (exact) mass is 418 g/mol. The summed E-state index contributed by atoms with van der Waals surface area (Å²) in [4.78, 5) is 54.9. The summed E-state index contributed by atoms with van der Waals surface area (Å²) < 4.78 is 0. The summed E-state index contributed by atoms with van der Waals surface area (Å²) in [6.45, 7) is -0.343. The summed E-state index contributed by atoms with van der Waals surface area (Å²) in [6, 6.07) is 6.51. The van der Waals surface area contributed by atoms with E-state index in [2.05, 4.69) is 5.32 Å². The molecule has 29 heavy (non-hydrogen) atoms. The molecular formula is C20H26N4O4S. The van der Waals surface area contributed by atoms with Gasteiger partial charge in [0.15, 0.2) is 0 Å². The van der Waals surface area contributed by atoms with Crippen LogP contribution in [0.1, 0.15) is 32.1 Å². The van der Waals surface area contributed by atoms with E-state index in [1.165, 1.54) is 9.80 Å². The van der Waals surface area contributed by atoms with Crippen LogP contribution in [-0.4, -0.2) is 71.0 Å². The third-order valence-corrected chi connectivity index (χ3v) is 6.62. The number of carbonyl (C=O) groups is 4. The third kappa shape index (κ3) is 4.10. The minimum Gasteiger partial charge on any atom is -0.339 e. The molecule has 0 bridgehead atoms. The lowest BCUT2D eigenvalue weighted by molar-refractivity contribution is -0.136. The largest absolute Gasteiger partial charge is 0.339 e. The van der Waals surface area contributed by atoms with Gasteiger partial charge in [-0.05, 0) is 36.7 Å². The maximum Gasteiger partial charge on any atom is 0.327 e. The highest BCUT2D eigenvalue weighted by Crippen LogP contribution is 2.39. The van der Waals surface area contributed by atoms with E-state index in [1.807, 2.05) is 0 Å². The van der Waals surface area contributed by atoms with Gasteiger partial charge in [0.1, 0.15) is 12.1 Å². The maximum absolute atomic E-state index is 13.0. The van der Waals surface area contributed by atoms with Gasteiger partial charge in [-0.1, -0.05) is 31.4 Å². The van der Waals surface area contributed by atoms with E-state index in [9.17, 15) is 19.2 Å². The van der Waals surface area contributed by atoms with E-state index in [1.54, 1.807) is 45.4 Å². The molecule has 2 aliphatic rings. The first-order valence-electron chi connectivity index (χ1n) is 9.64. The van der Waals surface area contributed by atoms with Crippen molar-refractivity contribution in [2.24, 2.45) is 0 Å². The number of amides is 5. The van der Waals surface area contributed by atoms with Crippen molar-refractivity contribution in [2.45, 2.75) is 42.5 Å². The number of anilines is 1. The Balaban J connectivity index is 1.71. The highest BCUT2D eigenvalue weighted by molar-refractivity contribution is 8.13. The van der Waals surface area contributed by atoms with Gasteiger partial charge >= 0.3 is 6.03 Å². The van der Waals surface area contributed by atoms with E-state index in [0.717, 1.165) is 35.9 Å². The topological polar surface area (TPSA) is 90.0 Å². The zero-order valence-electron chi connectivity index (χ0n) is 16.9. The first kappa shape index (κ1) is 21.2. The lowest BCUT2D eigenvalue weighted by Crippen LogP contribution is -2.49. The molecule has 1 saturated carbocycles. The Morgan fingerprint density at radius 1 is 1.14 bits per heavy atom. The summed E-state index contributed by atoms with van der Waals surface area (Å²) >= 11 is 0.999. The van der Waals surface area contributed by atoms with Crippen molar-refractivity contribution in [3.63, 3.8) is 0 Å². The minimum atomic E-state index is -0.804. The molecule has 1 aromatic carbocycles. The summed E-state index contributed by atoms with van der Waals surface area (Å²) in [5, 5.41) is 2.56. The van der Waals surface area contributed by atoms with Gasteiger partial charge in [-0.25, -0.2) is 4.79 Å². The lowest BCUT2D eigenvalue weighted by Gasteiger charge is -2.35. The van der Waals surface area contributed by atoms with Gasteiger partial charge in [0.2, 0.25) is 5.91 Å². The quantitative estimate of drug-likeness (QED) is 0.600. The number of hydrogen-bond acceptors (Lipinski definition) is 5. The number of nitrogens with one attached hydrogen (secondary N) is 1. The number of likely N-dealkylation sites (N-methyl/N-ethyl adjacent to an activating group) is 1. The number of para-hydroxylation sites is 1. The number of thioether (sulfide) groups is 1. The number of imide groups is 1. The number of carbonyl (C=O) groups excluding carboxylic acids is 4. The molecule has 1 heterocycles. The van der Waals surface area contributed by atoms with E-state index in [0.29, 0.717) is 23.4 Å². The van der Waals surface area contributed by atoms with Crippen LogP contribution in [0.5, 0.6) is 0 Å². The van der Waals surface area contributed by atoms with Crippen molar-refractivity contribution in [1.82, 2.24) is 14.7 Å². The van der Waals surface area contributed by atoms with Crippen molar-refractivity contribution in [3.8, 4) is 0 Å². The number of rotatable bonds is 4. The Morgan fingerprint density at radius 2 is 1.79 bits per heavy atom. The molecule has 1 aromatic rings. The highest BCUT2D eigenvalue weighted by atomic mass is 32.2. The molecule has 1 aliphatic heterocycles. The van der Waals surface area contributed by atoms with Gasteiger partial charge in [0.05, 0.1) is 5.69 Å². The molecule has 8 nitrogen and oxygen atoms in total. The molecule has 1 N–H and O–H groups in total. The number of urea groups is 1. The van der Waals surface area contributed by atoms with Crippen LogP contribution < -0.4 is 5.32 Å². The first-order chi connectivity index (χ1) is 13.8. The van der Waals surface area contributed by atoms with Crippen LogP contribution >= 0.6 is 11.8 Å². The Labute approximate surface area is 174 Å². The summed E-state index contributed by atoms with van der Waals surface area (Å²) in [6.07, 6.45) is 4.12. The maximum atomic E-state index is 13.0. The molecule has 2 fully saturated rings. The van der Waals surface area contributed by atoms with Gasteiger partial charge in [-0.15, -0.1) is 0 Å². The van der Waals surface area contributed by atoms with Crippen molar-refractivity contribution < 1.29 is 19.2 Å². The zero-order chi connectivity index (χ0) is 21.2. The summed E-state index contributed by atoms with van der Waals surface area (Å²) in [7, 11) is 4.94. The second-order valence-electron chi connectivity index (χ2n) is 7.63. The van der Waals surface area contributed by atoms with Crippen LogP contribution in [0.15, 0.2) is 29.2 Å². The molecule has 1 saturated heterocycles. The molecular weight excluding hydrogens is 392 g/mol. The molecule has 3 rings (SSSR count). The van der Waals surface area contributed by atoms with Crippen molar-refractivity contribution in [3.05, 3.63) is 24.3 Å². The SMILES string of the molecule is CN(C)C(=O)Sc1ccccc1NC(=O)CN1C(=O)N(C)C2(CCCCC2)C1=O. The fourth-order valence-corrected chi connectivity index (χ4v) is 4.60. The normalized spacial score (nSPS) is 18.3. The molecule has 0 atom stereocenters. The lowest BCUT2D eigenvalue weighted by atomic mass is 9.81. The molecule has 0 aromatic heterocycles. The average Bonchev–Trinajstić information content (AvgIpc) is 2.86. The fraction of sp³-hybridized carbons (Fsp3) is 0.500. The molecule has 1 aliphatic carbocycles. The van der Waals surface area contributed by atoms with E-state index < -0.39 is 17.5 Å². The molecule has 5 amide bonds. The standard InChI is InChI=1S/C20H26N4O4S/c1-22(2)19(28)29-15-10-6-5-9-14(15)21-16(25)13-24-17(26)20(23(3)18(24)27)11-7-4-8-12-20/h5-6,9-10H,4,7-8,11-13H2,1-3H3,(H,21,25). The molecule has 0 unspecified atom stereocenters. The molecule has 1 spiro atoms. The average molecular weight is 419 g/mol. The highest BCUT2D eigenvalue weighted by Gasteiger charge is 2.55. The van der Waals surface area contributed by atoms with Crippen LogP contribution in [0.4, 0.5) is 15.3 Å². The van der Waals surface area contributed by atoms with Gasteiger partial charge in [0, 0.05) is 26.0 Å². The molecule has 156 valence electrons. The second kappa shape index (κ2) is 8.44. The van der Waals surface area contributed by atoms with E-state index >= 15 is 0 Å². The van der Waals surface area contributed by atoms with Crippen molar-refractivity contribution >= 4 is 40.5 Å². The van der Waals surface area contributed by atoms with Gasteiger partial charge in [-0.3, -0.25) is 19.3 Å². The van der Waals surface area contributed by atoms with E-state index in [4.69, 9.17) is 0 Å². The second-order valence-corrected chi connectivity index (χ2v) is 8.63. The van der Waals surface area contributed by atoms with Gasteiger partial charge < -0.3 is 15.1 Å². The number of hydrogen-bond donors (Lipinski definition) is 1. The van der Waals surface area contributed by atoms with Crippen LogP contribution in [0.3, 0.4) is 0 Å². The first-order valence-corrected chi connectivity index (χ1v) is 10.5. The third-order valence-electron chi connectivity index (χ3n) is 5.51. The van der Waals surface area contributed by atoms with Crippen LogP contribution in [-0.2, 0) is 9.59 Å². The Kier molecular flexibility index (Phi) is 6.16. The van der Waals surface area contributed by atoms with Crippen molar-refractivity contribution in [1.29, 1.82) is 0 Å². The van der Waals surface area contributed by atoms with Crippen molar-refractivity contribution in [2.75, 3.05) is 33.0 Å². The number of benzene rings is 1. The van der Waals surface area contributed by atoms with Gasteiger partial charge in [0.25, 0.3) is 11.1 Å². The minimum absolute atomic E-state index is 0.169. The van der Waals surface area contributed by atoms with Crippen LogP contribution in [0, 0.1) is 0 Å². The summed E-state index contributed by atoms with van der Waals surface area (Å²) in [5.74, 6) is -0.761. The summed E-state index contributed by atoms with van der Waals surface area (Å²) in [5.41, 5.74) is -0.334. The molecule has 0 radical (unpaired) electrons. The Hall–Kier alpha value is -2.55. The fourth-order valence-electron chi connectivity index (χ4n) is 3.85. The van der Waals surface area contributed by atoms with E-state index in [-0.39, 0.29) is 17.7 Å². The van der Waals surface area contributed by atoms with Crippen LogP contribution in [0.2, 0.25) is 0 Å². The Morgan fingerprint density at radius 3 is 2.45 bits per heavy atom. The zero-order valence-corrected chi connectivity index (χ0v) is 17.8. The number of nitrogens with zero attached hydrogens (tertiary/aromatic N) is 3. The molecule has 9 heteroatoms. The predicted molar refractivity (Wildman–Crippen MR) is 111 cm³/mol.